The number of hydrogen-bond acceptors (Lipinski definition) is 5. The van der Waals surface area contributed by atoms with E-state index in [2.05, 4.69) is 46.1 Å². The Hall–Kier alpha value is -1.86. The van der Waals surface area contributed by atoms with Gasteiger partial charge in [-0.15, -0.1) is 0 Å². The first-order valence-corrected chi connectivity index (χ1v) is 17.3. The second-order valence-electron chi connectivity index (χ2n) is 12.0. The van der Waals surface area contributed by atoms with Gasteiger partial charge < -0.3 is 19.2 Å². The van der Waals surface area contributed by atoms with Crippen molar-refractivity contribution >= 4 is 20.4 Å². The van der Waals surface area contributed by atoms with Crippen molar-refractivity contribution < 1.29 is 23.5 Å². The maximum absolute atomic E-state index is 12.3. The highest BCUT2D eigenvalue weighted by Gasteiger charge is 2.46. The number of hydrogen-bond donors (Lipinski definition) is 1. The van der Waals surface area contributed by atoms with Crippen LogP contribution in [0.2, 0.25) is 18.1 Å². The Morgan fingerprint density at radius 1 is 1.00 bits per heavy atom. The zero-order valence-corrected chi connectivity index (χ0v) is 25.1. The minimum Gasteiger partial charge on any atom is -0.458 e. The van der Waals surface area contributed by atoms with Crippen LogP contribution in [-0.4, -0.2) is 38.6 Å². The molecular weight excluding hydrogens is 482 g/mol. The second kappa shape index (κ2) is 15.5. The van der Waals surface area contributed by atoms with Crippen LogP contribution in [0, 0.1) is 0 Å². The van der Waals surface area contributed by atoms with Gasteiger partial charge in [0.15, 0.2) is 14.4 Å². The number of unbranched alkanes of at least 4 members (excludes halogenated alkanes) is 8. The van der Waals surface area contributed by atoms with E-state index in [0.717, 1.165) is 18.4 Å². The Labute approximate surface area is 226 Å². The maximum atomic E-state index is 12.3. The van der Waals surface area contributed by atoms with Gasteiger partial charge in [0, 0.05) is 12.5 Å². The molecule has 0 aromatic heterocycles. The lowest BCUT2D eigenvalue weighted by Crippen LogP contribution is -2.61. The number of carbonyl (C=O) groups excluding carboxylic acids is 2. The van der Waals surface area contributed by atoms with Crippen molar-refractivity contribution in [2.75, 3.05) is 0 Å². The van der Waals surface area contributed by atoms with Crippen molar-refractivity contribution in [3.05, 3.63) is 35.9 Å². The van der Waals surface area contributed by atoms with E-state index in [1.807, 2.05) is 30.3 Å². The first kappa shape index (κ1) is 31.4. The van der Waals surface area contributed by atoms with Crippen LogP contribution in [0.15, 0.2) is 30.3 Å². The number of esters is 1. The van der Waals surface area contributed by atoms with E-state index in [1.165, 1.54) is 51.4 Å². The van der Waals surface area contributed by atoms with Crippen LogP contribution >= 0.6 is 0 Å². The quantitative estimate of drug-likeness (QED) is 0.125. The molecule has 1 aliphatic heterocycles. The Morgan fingerprint density at radius 2 is 1.59 bits per heavy atom. The van der Waals surface area contributed by atoms with Crippen molar-refractivity contribution in [3.63, 3.8) is 0 Å². The molecule has 1 fully saturated rings. The van der Waals surface area contributed by atoms with Gasteiger partial charge in [0.2, 0.25) is 0 Å². The third-order valence-electron chi connectivity index (χ3n) is 7.77. The van der Waals surface area contributed by atoms with E-state index in [9.17, 15) is 9.59 Å². The van der Waals surface area contributed by atoms with Gasteiger partial charge in [-0.05, 0) is 30.1 Å². The summed E-state index contributed by atoms with van der Waals surface area (Å²) in [5.74, 6) is -0.407. The molecule has 1 aliphatic rings. The number of benzene rings is 1. The molecule has 1 heterocycles. The lowest BCUT2D eigenvalue weighted by atomic mass is 9.96. The van der Waals surface area contributed by atoms with E-state index in [0.29, 0.717) is 6.42 Å². The predicted molar refractivity (Wildman–Crippen MR) is 152 cm³/mol. The Balaban J connectivity index is 1.85. The molecular formula is C30H51NO5Si. The summed E-state index contributed by atoms with van der Waals surface area (Å²) in [7, 11) is -1.99. The largest absolute Gasteiger partial charge is 0.458 e. The number of carbonyl (C=O) groups is 2. The van der Waals surface area contributed by atoms with Crippen LogP contribution in [0.4, 0.5) is 4.79 Å². The normalized spacial score (nSPS) is 18.6. The van der Waals surface area contributed by atoms with Gasteiger partial charge in [-0.25, -0.2) is 9.59 Å². The molecule has 6 nitrogen and oxygen atoms in total. The molecule has 0 spiro atoms. The minimum absolute atomic E-state index is 0.00758. The number of alkyl carbamates (subject to hydrolysis) is 1. The van der Waals surface area contributed by atoms with Crippen molar-refractivity contribution in [3.8, 4) is 0 Å². The van der Waals surface area contributed by atoms with Crippen LogP contribution in [0.25, 0.3) is 0 Å². The Morgan fingerprint density at radius 3 is 2.16 bits per heavy atom. The average molecular weight is 534 g/mol. The molecule has 0 bridgehead atoms. The van der Waals surface area contributed by atoms with Crippen molar-refractivity contribution in [2.24, 2.45) is 0 Å². The zero-order chi connectivity index (χ0) is 27.3. The highest BCUT2D eigenvalue weighted by atomic mass is 28.4. The zero-order valence-electron chi connectivity index (χ0n) is 24.1. The summed E-state index contributed by atoms with van der Waals surface area (Å²) in [5.41, 5.74) is 0.897. The van der Waals surface area contributed by atoms with Crippen LogP contribution in [0.3, 0.4) is 0 Å². The maximum Gasteiger partial charge on any atom is 0.408 e. The van der Waals surface area contributed by atoms with Gasteiger partial charge in [0.1, 0.15) is 12.7 Å². The fourth-order valence-electron chi connectivity index (χ4n) is 4.36. The van der Waals surface area contributed by atoms with E-state index in [4.69, 9.17) is 13.9 Å². The smallest absolute Gasteiger partial charge is 0.408 e. The molecule has 1 aromatic carbocycles. The lowest BCUT2D eigenvalue weighted by Gasteiger charge is -2.42. The molecule has 2 unspecified atom stereocenters. The van der Waals surface area contributed by atoms with Gasteiger partial charge in [-0.3, -0.25) is 0 Å². The van der Waals surface area contributed by atoms with Gasteiger partial charge in [0.05, 0.1) is 0 Å². The standard InChI is InChI=1S/C30H51NO5Si/c1-7-8-9-10-11-12-13-14-18-21-25(36-37(5,6)30(2,3)4)22-26-27(28(32)35-26)31-29(33)34-23-24-19-16-15-17-20-24/h15-17,19-20,25-27H,7-14,18,21-23H2,1-6H3,(H,31,33)/t25-,26?,27?/m1/s1. The Bertz CT molecular complexity index is 808. The summed E-state index contributed by atoms with van der Waals surface area (Å²) in [6.45, 7) is 13.7. The fraction of sp³-hybridized carbons (Fsp3) is 0.733. The third-order valence-corrected chi connectivity index (χ3v) is 12.3. The molecule has 210 valence electrons. The Kier molecular flexibility index (Phi) is 13.2. The topological polar surface area (TPSA) is 73.9 Å². The van der Waals surface area contributed by atoms with Gasteiger partial charge >= 0.3 is 12.1 Å². The van der Waals surface area contributed by atoms with Gasteiger partial charge in [0.25, 0.3) is 0 Å². The van der Waals surface area contributed by atoms with E-state index < -0.39 is 26.4 Å². The predicted octanol–water partition coefficient (Wildman–Crippen LogP) is 7.91. The van der Waals surface area contributed by atoms with E-state index in [1.54, 1.807) is 0 Å². The minimum atomic E-state index is -1.99. The van der Waals surface area contributed by atoms with Crippen molar-refractivity contribution in [1.82, 2.24) is 5.32 Å². The molecule has 1 N–H and O–H groups in total. The van der Waals surface area contributed by atoms with E-state index >= 15 is 0 Å². The van der Waals surface area contributed by atoms with Crippen molar-refractivity contribution in [2.45, 2.75) is 141 Å². The molecule has 0 aliphatic carbocycles. The molecule has 1 aromatic rings. The first-order valence-electron chi connectivity index (χ1n) is 14.4. The summed E-state index contributed by atoms with van der Waals surface area (Å²) in [4.78, 5) is 24.5. The number of ether oxygens (including phenoxy) is 2. The highest BCUT2D eigenvalue weighted by molar-refractivity contribution is 6.74. The molecule has 0 radical (unpaired) electrons. The molecule has 1 saturated heterocycles. The van der Waals surface area contributed by atoms with E-state index in [-0.39, 0.29) is 23.9 Å². The van der Waals surface area contributed by atoms with Crippen LogP contribution in [0.5, 0.6) is 0 Å². The summed E-state index contributed by atoms with van der Waals surface area (Å²) in [6, 6.07) is 8.80. The molecule has 7 heteroatoms. The van der Waals surface area contributed by atoms with Crippen molar-refractivity contribution in [1.29, 1.82) is 0 Å². The third kappa shape index (κ3) is 11.2. The molecule has 3 atom stereocenters. The number of rotatable bonds is 17. The van der Waals surface area contributed by atoms with Gasteiger partial charge in [-0.2, -0.15) is 0 Å². The number of amides is 1. The summed E-state index contributed by atoms with van der Waals surface area (Å²) in [5, 5.41) is 2.81. The monoisotopic (exact) mass is 533 g/mol. The summed E-state index contributed by atoms with van der Waals surface area (Å²) < 4.78 is 17.6. The number of nitrogens with one attached hydrogen (secondary N) is 1. The SMILES string of the molecule is CCCCCCCCCCC[C@H](CC1OC(=O)C1NC(=O)OCc1ccccc1)O[Si](C)(C)C(C)(C)C. The molecule has 2 rings (SSSR count). The van der Waals surface area contributed by atoms with Gasteiger partial charge in [-0.1, -0.05) is 116 Å². The molecule has 1 amide bonds. The summed E-state index contributed by atoms with van der Waals surface area (Å²) >= 11 is 0. The first-order chi connectivity index (χ1) is 17.5. The molecule has 0 saturated carbocycles. The second-order valence-corrected chi connectivity index (χ2v) is 16.8. The highest BCUT2D eigenvalue weighted by Crippen LogP contribution is 2.39. The number of cyclic esters (lactones) is 1. The van der Waals surface area contributed by atoms with Crippen LogP contribution in [-0.2, 0) is 25.3 Å². The van der Waals surface area contributed by atoms with Crippen LogP contribution in [0.1, 0.15) is 104 Å². The van der Waals surface area contributed by atoms with Crippen LogP contribution < -0.4 is 5.32 Å². The summed E-state index contributed by atoms with van der Waals surface area (Å²) in [6.07, 6.45) is 12.1. The average Bonchev–Trinajstić information content (AvgIpc) is 2.84. The lowest BCUT2D eigenvalue weighted by molar-refractivity contribution is -0.179. The molecule has 37 heavy (non-hydrogen) atoms. The fourth-order valence-corrected chi connectivity index (χ4v) is 5.76.